The smallest absolute Gasteiger partial charge is 0.156 e. The Morgan fingerprint density at radius 1 is 1.00 bits per heavy atom. The van der Waals surface area contributed by atoms with Gasteiger partial charge < -0.3 is 10.4 Å². The Morgan fingerprint density at radius 3 is 2.79 bits per heavy atom. The number of pyridine rings is 1. The molecule has 1 aromatic carbocycles. The molecule has 3 aromatic rings. The van der Waals surface area contributed by atoms with Gasteiger partial charge >= 0.3 is 0 Å². The average Bonchev–Trinajstić information content (AvgIpc) is 2.46. The number of anilines is 1. The van der Waals surface area contributed by atoms with Gasteiger partial charge in [0.1, 0.15) is 17.6 Å². The molecule has 0 unspecified atom stereocenters. The van der Waals surface area contributed by atoms with Crippen LogP contribution in [0.3, 0.4) is 0 Å². The third kappa shape index (κ3) is 2.30. The minimum Gasteiger partial charge on any atom is -0.508 e. The molecule has 0 saturated heterocycles. The molecule has 94 valence electrons. The second kappa shape index (κ2) is 4.89. The van der Waals surface area contributed by atoms with Crippen LogP contribution in [0.1, 0.15) is 5.56 Å². The highest BCUT2D eigenvalue weighted by Gasteiger charge is 2.05. The van der Waals surface area contributed by atoms with Gasteiger partial charge in [-0.3, -0.25) is 4.98 Å². The zero-order valence-corrected chi connectivity index (χ0v) is 10.1. The number of benzene rings is 1. The van der Waals surface area contributed by atoms with Gasteiger partial charge in [0.05, 0.1) is 5.52 Å². The van der Waals surface area contributed by atoms with Crippen LogP contribution in [0.4, 0.5) is 5.82 Å². The number of nitrogens with zero attached hydrogens (tertiary/aromatic N) is 3. The molecule has 2 heterocycles. The van der Waals surface area contributed by atoms with Crippen molar-refractivity contribution >= 4 is 16.9 Å². The molecule has 0 aliphatic rings. The largest absolute Gasteiger partial charge is 0.508 e. The molecule has 2 aromatic heterocycles. The summed E-state index contributed by atoms with van der Waals surface area (Å²) in [4.78, 5) is 12.6. The number of nitrogens with one attached hydrogen (secondary N) is 1. The predicted octanol–water partition coefficient (Wildman–Crippen LogP) is 2.34. The second-order valence-electron chi connectivity index (χ2n) is 4.08. The van der Waals surface area contributed by atoms with Gasteiger partial charge in [-0.15, -0.1) is 0 Å². The number of rotatable bonds is 3. The summed E-state index contributed by atoms with van der Waals surface area (Å²) in [6, 6.07) is 10.9. The lowest BCUT2D eigenvalue weighted by molar-refractivity contribution is 0.469. The molecule has 19 heavy (non-hydrogen) atoms. The Labute approximate surface area is 110 Å². The minimum absolute atomic E-state index is 0.265. The number of phenolic OH excluding ortho intramolecular Hbond substituents is 1. The topological polar surface area (TPSA) is 70.9 Å². The fourth-order valence-corrected chi connectivity index (χ4v) is 1.86. The molecule has 0 fully saturated rings. The number of fused-ring (bicyclic) bond motifs is 1. The fraction of sp³-hybridized carbons (Fsp3) is 0.0714. The van der Waals surface area contributed by atoms with Crippen LogP contribution in [0, 0.1) is 0 Å². The summed E-state index contributed by atoms with van der Waals surface area (Å²) < 4.78 is 0. The summed E-state index contributed by atoms with van der Waals surface area (Å²) in [5, 5.41) is 12.9. The maximum atomic E-state index is 9.71. The fourth-order valence-electron chi connectivity index (χ4n) is 1.86. The standard InChI is InChI=1S/C14H12N4O/c19-12-6-2-1-4-10(12)8-16-14-13-11(17-9-18-14)5-3-7-15-13/h1-7,9,19H,8H2,(H,16,17,18). The first-order valence-electron chi connectivity index (χ1n) is 5.91. The van der Waals surface area contributed by atoms with Gasteiger partial charge in [-0.2, -0.15) is 0 Å². The highest BCUT2D eigenvalue weighted by Crippen LogP contribution is 2.19. The zero-order chi connectivity index (χ0) is 13.1. The highest BCUT2D eigenvalue weighted by atomic mass is 16.3. The van der Waals surface area contributed by atoms with Crippen molar-refractivity contribution in [3.05, 3.63) is 54.5 Å². The van der Waals surface area contributed by atoms with Gasteiger partial charge in [0.2, 0.25) is 0 Å². The highest BCUT2D eigenvalue weighted by molar-refractivity contribution is 5.84. The molecule has 3 rings (SSSR count). The van der Waals surface area contributed by atoms with Crippen LogP contribution >= 0.6 is 0 Å². The number of phenols is 1. The van der Waals surface area contributed by atoms with Crippen LogP contribution in [0.2, 0.25) is 0 Å². The molecule has 0 radical (unpaired) electrons. The molecule has 0 aliphatic carbocycles. The van der Waals surface area contributed by atoms with E-state index in [1.165, 1.54) is 6.33 Å². The van der Waals surface area contributed by atoms with E-state index in [1.807, 2.05) is 24.3 Å². The molecular weight excluding hydrogens is 240 g/mol. The van der Waals surface area contributed by atoms with E-state index in [9.17, 15) is 5.11 Å². The van der Waals surface area contributed by atoms with E-state index >= 15 is 0 Å². The van der Waals surface area contributed by atoms with Crippen molar-refractivity contribution in [2.24, 2.45) is 0 Å². The second-order valence-corrected chi connectivity index (χ2v) is 4.08. The molecule has 0 atom stereocenters. The first-order chi connectivity index (χ1) is 9.34. The monoisotopic (exact) mass is 252 g/mol. The molecular formula is C14H12N4O. The van der Waals surface area contributed by atoms with Crippen molar-refractivity contribution in [1.82, 2.24) is 15.0 Å². The summed E-state index contributed by atoms with van der Waals surface area (Å²) in [6.45, 7) is 0.482. The van der Waals surface area contributed by atoms with Crippen LogP contribution in [-0.2, 0) is 6.54 Å². The molecule has 0 spiro atoms. The lowest BCUT2D eigenvalue weighted by Crippen LogP contribution is -2.03. The zero-order valence-electron chi connectivity index (χ0n) is 10.1. The van der Waals surface area contributed by atoms with E-state index in [-0.39, 0.29) is 5.75 Å². The minimum atomic E-state index is 0.265. The molecule has 5 nitrogen and oxygen atoms in total. The first-order valence-corrected chi connectivity index (χ1v) is 5.91. The normalized spacial score (nSPS) is 10.5. The molecule has 0 saturated carbocycles. The van der Waals surface area contributed by atoms with Gasteiger partial charge in [-0.25, -0.2) is 9.97 Å². The summed E-state index contributed by atoms with van der Waals surface area (Å²) in [5.74, 6) is 0.926. The number of hydrogen-bond acceptors (Lipinski definition) is 5. The Morgan fingerprint density at radius 2 is 1.89 bits per heavy atom. The average molecular weight is 252 g/mol. The Hall–Kier alpha value is -2.69. The molecule has 0 bridgehead atoms. The first kappa shape index (κ1) is 11.4. The van der Waals surface area contributed by atoms with Crippen LogP contribution in [0.25, 0.3) is 11.0 Å². The van der Waals surface area contributed by atoms with Crippen molar-refractivity contribution in [2.45, 2.75) is 6.54 Å². The van der Waals surface area contributed by atoms with Crippen LogP contribution in [-0.4, -0.2) is 20.1 Å². The summed E-state index contributed by atoms with van der Waals surface area (Å²) in [7, 11) is 0. The van der Waals surface area contributed by atoms with Gasteiger partial charge in [-0.1, -0.05) is 18.2 Å². The van der Waals surface area contributed by atoms with E-state index < -0.39 is 0 Å². The number of para-hydroxylation sites is 1. The van der Waals surface area contributed by atoms with Crippen molar-refractivity contribution in [3.8, 4) is 5.75 Å². The predicted molar refractivity (Wildman–Crippen MR) is 72.8 cm³/mol. The molecule has 0 amide bonds. The summed E-state index contributed by atoms with van der Waals surface area (Å²) in [6.07, 6.45) is 3.20. The van der Waals surface area contributed by atoms with Crippen molar-refractivity contribution in [3.63, 3.8) is 0 Å². The Bertz CT molecular complexity index is 709. The summed E-state index contributed by atoms with van der Waals surface area (Å²) in [5.41, 5.74) is 2.32. The number of hydrogen-bond donors (Lipinski definition) is 2. The maximum absolute atomic E-state index is 9.71. The maximum Gasteiger partial charge on any atom is 0.156 e. The molecule has 0 aliphatic heterocycles. The van der Waals surface area contributed by atoms with Crippen molar-refractivity contribution in [1.29, 1.82) is 0 Å². The van der Waals surface area contributed by atoms with Gasteiger partial charge in [0, 0.05) is 18.3 Å². The van der Waals surface area contributed by atoms with Crippen molar-refractivity contribution in [2.75, 3.05) is 5.32 Å². The van der Waals surface area contributed by atoms with E-state index in [0.29, 0.717) is 12.4 Å². The summed E-state index contributed by atoms with van der Waals surface area (Å²) >= 11 is 0. The van der Waals surface area contributed by atoms with Crippen LogP contribution in [0.15, 0.2) is 48.9 Å². The van der Waals surface area contributed by atoms with E-state index in [1.54, 1.807) is 18.3 Å². The quantitative estimate of drug-likeness (QED) is 0.748. The lowest BCUT2D eigenvalue weighted by Gasteiger charge is -2.08. The van der Waals surface area contributed by atoms with Crippen LogP contribution in [0.5, 0.6) is 5.75 Å². The van der Waals surface area contributed by atoms with Crippen LogP contribution < -0.4 is 5.32 Å². The van der Waals surface area contributed by atoms with E-state index in [0.717, 1.165) is 16.6 Å². The Balaban J connectivity index is 1.88. The van der Waals surface area contributed by atoms with E-state index in [4.69, 9.17) is 0 Å². The third-order valence-corrected chi connectivity index (χ3v) is 2.83. The van der Waals surface area contributed by atoms with Crippen molar-refractivity contribution < 1.29 is 5.11 Å². The SMILES string of the molecule is Oc1ccccc1CNc1ncnc2cccnc12. The molecule has 2 N–H and O–H groups in total. The number of aromatic nitrogens is 3. The van der Waals surface area contributed by atoms with Gasteiger partial charge in [-0.05, 0) is 18.2 Å². The molecule has 5 heteroatoms. The Kier molecular flexibility index (Phi) is 2.94. The van der Waals surface area contributed by atoms with Gasteiger partial charge in [0.25, 0.3) is 0 Å². The number of aromatic hydroxyl groups is 1. The lowest BCUT2D eigenvalue weighted by atomic mass is 10.2. The van der Waals surface area contributed by atoms with Gasteiger partial charge in [0.15, 0.2) is 5.82 Å². The third-order valence-electron chi connectivity index (χ3n) is 2.83. The van der Waals surface area contributed by atoms with E-state index in [2.05, 4.69) is 20.3 Å².